The highest BCUT2D eigenvalue weighted by molar-refractivity contribution is 6.20. The van der Waals surface area contributed by atoms with Crippen molar-refractivity contribution < 1.29 is 23.7 Å². The molecule has 0 unspecified atom stereocenters. The molecule has 0 aliphatic carbocycles. The van der Waals surface area contributed by atoms with Gasteiger partial charge in [-0.2, -0.15) is 0 Å². The molecule has 13 nitrogen and oxygen atoms in total. The van der Waals surface area contributed by atoms with Gasteiger partial charge in [-0.1, -0.05) is 0 Å². The van der Waals surface area contributed by atoms with Gasteiger partial charge < -0.3 is 24.3 Å². The summed E-state index contributed by atoms with van der Waals surface area (Å²) >= 11 is 0. The van der Waals surface area contributed by atoms with Gasteiger partial charge in [0.15, 0.2) is 11.5 Å². The molecular weight excluding hydrogens is 504 g/mol. The summed E-state index contributed by atoms with van der Waals surface area (Å²) in [7, 11) is 3.21. The first-order valence-corrected chi connectivity index (χ1v) is 13.1. The molecule has 0 spiro atoms. The van der Waals surface area contributed by atoms with Crippen LogP contribution in [0.1, 0.15) is 22.3 Å². The molecule has 208 valence electrons. The highest BCUT2D eigenvalue weighted by Crippen LogP contribution is 2.43. The summed E-state index contributed by atoms with van der Waals surface area (Å²) in [6.07, 6.45) is 3.82. The largest absolute Gasteiger partial charge is 0.491 e. The van der Waals surface area contributed by atoms with E-state index in [1.54, 1.807) is 14.2 Å². The Labute approximate surface area is 227 Å². The summed E-state index contributed by atoms with van der Waals surface area (Å²) in [4.78, 5) is 35.2. The minimum Gasteiger partial charge on any atom is -0.491 e. The number of rotatable bonds is 11. The Morgan fingerprint density at radius 2 is 1.92 bits per heavy atom. The second-order valence-electron chi connectivity index (χ2n) is 9.11. The lowest BCUT2D eigenvalue weighted by Gasteiger charge is -2.28. The van der Waals surface area contributed by atoms with Crippen molar-refractivity contribution >= 4 is 29.3 Å². The Hall–Kier alpha value is -3.81. The Morgan fingerprint density at radius 3 is 2.69 bits per heavy atom. The van der Waals surface area contributed by atoms with Crippen molar-refractivity contribution in [2.45, 2.75) is 6.42 Å². The number of nitrogens with zero attached hydrogens (tertiary/aromatic N) is 6. The molecule has 3 aliphatic heterocycles. The van der Waals surface area contributed by atoms with Crippen molar-refractivity contribution in [2.24, 2.45) is 9.98 Å². The summed E-state index contributed by atoms with van der Waals surface area (Å²) in [6, 6.07) is 3.83. The molecule has 5 rings (SSSR count). The number of carbonyl (C=O) groups excluding carboxylic acids is 1. The van der Waals surface area contributed by atoms with Gasteiger partial charge in [0.05, 0.1) is 45.6 Å². The van der Waals surface area contributed by atoms with Gasteiger partial charge >= 0.3 is 0 Å². The normalized spacial score (nSPS) is 16.6. The fraction of sp³-hybridized carbons (Fsp3) is 0.500. The Morgan fingerprint density at radius 1 is 1.10 bits per heavy atom. The van der Waals surface area contributed by atoms with Crippen LogP contribution in [0.15, 0.2) is 34.5 Å². The number of ether oxygens (including phenoxy) is 4. The lowest BCUT2D eigenvalue weighted by Crippen LogP contribution is -2.47. The van der Waals surface area contributed by atoms with Crippen LogP contribution >= 0.6 is 0 Å². The number of aromatic nitrogens is 2. The summed E-state index contributed by atoms with van der Waals surface area (Å²) < 4.78 is 22.3. The van der Waals surface area contributed by atoms with Crippen LogP contribution in [0.2, 0.25) is 0 Å². The van der Waals surface area contributed by atoms with Crippen LogP contribution in [0.5, 0.6) is 11.5 Å². The van der Waals surface area contributed by atoms with Gasteiger partial charge in [0.25, 0.3) is 5.91 Å². The number of methoxy groups -OCH3 is 2. The molecule has 0 radical (unpaired) electrons. The SMILES string of the molecule is COCCNc1ncc(C(=O)NC2=Nc3c(ccc(OCCCN4CCOCC4)c3OC)C3=NCCN23)cn1. The van der Waals surface area contributed by atoms with Gasteiger partial charge in [-0.05, 0) is 18.6 Å². The zero-order valence-corrected chi connectivity index (χ0v) is 22.3. The molecule has 1 aromatic carbocycles. The van der Waals surface area contributed by atoms with E-state index in [-0.39, 0.29) is 5.91 Å². The van der Waals surface area contributed by atoms with Crippen LogP contribution in [0.4, 0.5) is 11.6 Å². The van der Waals surface area contributed by atoms with Crippen LogP contribution in [0, 0.1) is 0 Å². The fourth-order valence-electron chi connectivity index (χ4n) is 4.57. The Balaban J connectivity index is 1.29. The smallest absolute Gasteiger partial charge is 0.261 e. The number of nitrogens with one attached hydrogen (secondary N) is 2. The molecule has 0 bridgehead atoms. The molecule has 1 fully saturated rings. The highest BCUT2D eigenvalue weighted by atomic mass is 16.5. The average Bonchev–Trinajstić information content (AvgIpc) is 3.47. The molecule has 1 amide bonds. The monoisotopic (exact) mass is 538 g/mol. The van der Waals surface area contributed by atoms with Gasteiger partial charge in [0.2, 0.25) is 11.9 Å². The van der Waals surface area contributed by atoms with E-state index in [0.717, 1.165) is 50.7 Å². The number of morpholine rings is 1. The fourth-order valence-corrected chi connectivity index (χ4v) is 4.57. The quantitative estimate of drug-likeness (QED) is 0.401. The number of benzene rings is 1. The van der Waals surface area contributed by atoms with Gasteiger partial charge in [-0.15, -0.1) is 0 Å². The number of hydrogen-bond acceptors (Lipinski definition) is 12. The van der Waals surface area contributed by atoms with Gasteiger partial charge in [0.1, 0.15) is 11.5 Å². The number of anilines is 1. The molecule has 1 aromatic heterocycles. The molecule has 1 saturated heterocycles. The molecule has 39 heavy (non-hydrogen) atoms. The van der Waals surface area contributed by atoms with E-state index in [2.05, 4.69) is 30.5 Å². The highest BCUT2D eigenvalue weighted by Gasteiger charge is 2.33. The van der Waals surface area contributed by atoms with Crippen molar-refractivity contribution in [3.63, 3.8) is 0 Å². The van der Waals surface area contributed by atoms with E-state index < -0.39 is 0 Å². The second kappa shape index (κ2) is 12.8. The zero-order chi connectivity index (χ0) is 27.0. The van der Waals surface area contributed by atoms with Crippen LogP contribution in [0.25, 0.3) is 0 Å². The second-order valence-corrected chi connectivity index (χ2v) is 9.11. The van der Waals surface area contributed by atoms with Crippen molar-refractivity contribution in [3.05, 3.63) is 35.7 Å². The van der Waals surface area contributed by atoms with Gasteiger partial charge in [-0.25, -0.2) is 15.0 Å². The van der Waals surface area contributed by atoms with Crippen molar-refractivity contribution in [3.8, 4) is 11.5 Å². The molecule has 0 atom stereocenters. The maximum absolute atomic E-state index is 13.1. The summed E-state index contributed by atoms with van der Waals surface area (Å²) in [6.45, 7) is 7.24. The number of aliphatic imine (C=N–C) groups is 2. The Bertz CT molecular complexity index is 1210. The third kappa shape index (κ3) is 6.27. The number of guanidine groups is 1. The van der Waals surface area contributed by atoms with Crippen molar-refractivity contribution in [2.75, 3.05) is 85.2 Å². The van der Waals surface area contributed by atoms with Crippen LogP contribution < -0.4 is 20.1 Å². The topological polar surface area (TPSA) is 135 Å². The number of hydrogen-bond donors (Lipinski definition) is 2. The molecular formula is C26H34N8O5. The lowest BCUT2D eigenvalue weighted by molar-refractivity contribution is 0.0357. The lowest BCUT2D eigenvalue weighted by atomic mass is 10.1. The first kappa shape index (κ1) is 26.8. The van der Waals surface area contributed by atoms with E-state index in [1.165, 1.54) is 12.4 Å². The maximum Gasteiger partial charge on any atom is 0.261 e. The number of amidine groups is 1. The minimum atomic E-state index is -0.374. The van der Waals surface area contributed by atoms with E-state index in [9.17, 15) is 4.79 Å². The summed E-state index contributed by atoms with van der Waals surface area (Å²) in [5.74, 6) is 2.26. The molecule has 2 N–H and O–H groups in total. The third-order valence-corrected chi connectivity index (χ3v) is 6.56. The number of amides is 1. The Kier molecular flexibility index (Phi) is 8.81. The number of carbonyl (C=O) groups is 1. The average molecular weight is 539 g/mol. The third-order valence-electron chi connectivity index (χ3n) is 6.56. The van der Waals surface area contributed by atoms with Gasteiger partial charge in [0, 0.05) is 57.8 Å². The first-order chi connectivity index (χ1) is 19.2. The van der Waals surface area contributed by atoms with Crippen LogP contribution in [0.3, 0.4) is 0 Å². The molecule has 3 aliphatic rings. The van der Waals surface area contributed by atoms with Gasteiger partial charge in [-0.3, -0.25) is 24.9 Å². The first-order valence-electron chi connectivity index (χ1n) is 13.1. The molecule has 4 heterocycles. The van der Waals surface area contributed by atoms with E-state index >= 15 is 0 Å². The molecule has 13 heteroatoms. The summed E-state index contributed by atoms with van der Waals surface area (Å²) in [5.41, 5.74) is 1.71. The van der Waals surface area contributed by atoms with Crippen molar-refractivity contribution in [1.82, 2.24) is 25.1 Å². The maximum atomic E-state index is 13.1. The van der Waals surface area contributed by atoms with Crippen molar-refractivity contribution in [1.29, 1.82) is 0 Å². The van der Waals surface area contributed by atoms with E-state index in [1.807, 2.05) is 17.0 Å². The predicted molar refractivity (Wildman–Crippen MR) is 145 cm³/mol. The standard InChI is InChI=1S/C26H34N8O5/c1-36-13-7-28-25-29-16-18(17-30-25)24(35)32-26-31-21-19(23-27-6-9-34(23)26)4-5-20(22(21)37-2)39-12-3-8-33-10-14-38-15-11-33/h4-5,16-17H,3,6-15H2,1-2H3,(H,28,29,30)(H,31,32,35). The van der Waals surface area contributed by atoms with Crippen LogP contribution in [-0.2, 0) is 9.47 Å². The molecule has 2 aromatic rings. The van der Waals surface area contributed by atoms with E-state index in [0.29, 0.717) is 67.5 Å². The predicted octanol–water partition coefficient (Wildman–Crippen LogP) is 1.14. The molecule has 0 saturated carbocycles. The zero-order valence-electron chi connectivity index (χ0n) is 22.3. The van der Waals surface area contributed by atoms with Crippen LogP contribution in [-0.4, -0.2) is 117 Å². The minimum absolute atomic E-state index is 0.308. The summed E-state index contributed by atoms with van der Waals surface area (Å²) in [5, 5.41) is 5.93. The van der Waals surface area contributed by atoms with E-state index in [4.69, 9.17) is 23.9 Å². The number of fused-ring (bicyclic) bond motifs is 3.